The maximum atomic E-state index is 12.2. The molecule has 0 saturated heterocycles. The predicted octanol–water partition coefficient (Wildman–Crippen LogP) is 4.28. The van der Waals surface area contributed by atoms with Crippen molar-refractivity contribution >= 4 is 23.2 Å². The molecule has 3 aromatic rings. The molecule has 2 aromatic carbocycles. The van der Waals surface area contributed by atoms with E-state index in [9.17, 15) is 4.79 Å². The van der Waals surface area contributed by atoms with Crippen molar-refractivity contribution in [1.29, 1.82) is 0 Å². The second kappa shape index (κ2) is 8.01. The van der Waals surface area contributed by atoms with Gasteiger partial charge in [0.25, 0.3) is 0 Å². The van der Waals surface area contributed by atoms with Crippen LogP contribution in [0.5, 0.6) is 5.75 Å². The molecule has 1 heterocycles. The highest BCUT2D eigenvalue weighted by molar-refractivity contribution is 6.31. The minimum absolute atomic E-state index is 0.194. The number of aromatic nitrogens is 2. The molecule has 0 spiro atoms. The number of nitrogens with zero attached hydrogens (tertiary/aromatic N) is 2. The largest absolute Gasteiger partial charge is 0.495 e. The topological polar surface area (TPSA) is 77.2 Å². The molecule has 7 heteroatoms. The van der Waals surface area contributed by atoms with Crippen LogP contribution >= 0.6 is 11.6 Å². The van der Waals surface area contributed by atoms with Crippen molar-refractivity contribution in [3.05, 3.63) is 58.9 Å². The van der Waals surface area contributed by atoms with Gasteiger partial charge in [-0.25, -0.2) is 0 Å². The molecule has 0 bridgehead atoms. The average Bonchev–Trinajstić information content (AvgIpc) is 3.10. The fourth-order valence-electron chi connectivity index (χ4n) is 2.39. The van der Waals surface area contributed by atoms with Crippen molar-refractivity contribution in [2.24, 2.45) is 0 Å². The summed E-state index contributed by atoms with van der Waals surface area (Å²) in [5.74, 6) is 1.27. The van der Waals surface area contributed by atoms with Crippen molar-refractivity contribution in [2.45, 2.75) is 19.8 Å². The van der Waals surface area contributed by atoms with Crippen LogP contribution in [0.25, 0.3) is 11.4 Å². The molecule has 0 unspecified atom stereocenters. The van der Waals surface area contributed by atoms with Crippen LogP contribution in [-0.2, 0) is 11.2 Å². The first-order valence-corrected chi connectivity index (χ1v) is 8.46. The van der Waals surface area contributed by atoms with E-state index >= 15 is 0 Å². The Morgan fingerprint density at radius 2 is 2.00 bits per heavy atom. The van der Waals surface area contributed by atoms with Gasteiger partial charge in [0, 0.05) is 23.4 Å². The van der Waals surface area contributed by atoms with Crippen molar-refractivity contribution < 1.29 is 14.1 Å². The summed E-state index contributed by atoms with van der Waals surface area (Å²) in [6.07, 6.45) is 0.540. The zero-order chi connectivity index (χ0) is 18.5. The summed E-state index contributed by atoms with van der Waals surface area (Å²) in [5.41, 5.74) is 2.56. The van der Waals surface area contributed by atoms with Gasteiger partial charge in [-0.3, -0.25) is 4.79 Å². The molecule has 3 rings (SSSR count). The molecule has 0 saturated carbocycles. The highest BCUT2D eigenvalue weighted by atomic mass is 35.5. The standard InChI is InChI=1S/C19H18ClN3O3/c1-12-3-5-13(6-4-12)19-22-18(26-23-19)10-9-17(24)21-15-11-14(20)7-8-16(15)25-2/h3-8,11H,9-10H2,1-2H3,(H,21,24). The first-order valence-electron chi connectivity index (χ1n) is 8.08. The van der Waals surface area contributed by atoms with E-state index in [1.807, 2.05) is 31.2 Å². The summed E-state index contributed by atoms with van der Waals surface area (Å²) in [5, 5.41) is 7.26. The van der Waals surface area contributed by atoms with Crippen LogP contribution in [0.15, 0.2) is 47.0 Å². The number of nitrogens with one attached hydrogen (secondary N) is 1. The molecule has 0 radical (unpaired) electrons. The number of amides is 1. The van der Waals surface area contributed by atoms with Gasteiger partial charge < -0.3 is 14.6 Å². The molecule has 26 heavy (non-hydrogen) atoms. The Hall–Kier alpha value is -2.86. The maximum Gasteiger partial charge on any atom is 0.227 e. The number of ether oxygens (including phenoxy) is 1. The Kier molecular flexibility index (Phi) is 5.53. The summed E-state index contributed by atoms with van der Waals surface area (Å²) >= 11 is 5.96. The molecule has 6 nitrogen and oxygen atoms in total. The summed E-state index contributed by atoms with van der Waals surface area (Å²) in [6.45, 7) is 2.01. The van der Waals surface area contributed by atoms with E-state index in [4.69, 9.17) is 20.9 Å². The van der Waals surface area contributed by atoms with Gasteiger partial charge in [-0.1, -0.05) is 46.6 Å². The minimum atomic E-state index is -0.194. The van der Waals surface area contributed by atoms with Crippen LogP contribution in [-0.4, -0.2) is 23.2 Å². The Morgan fingerprint density at radius 3 is 2.73 bits per heavy atom. The highest BCUT2D eigenvalue weighted by Gasteiger charge is 2.12. The van der Waals surface area contributed by atoms with E-state index in [2.05, 4.69) is 15.5 Å². The monoisotopic (exact) mass is 371 g/mol. The van der Waals surface area contributed by atoms with E-state index in [1.54, 1.807) is 18.2 Å². The maximum absolute atomic E-state index is 12.2. The SMILES string of the molecule is COc1ccc(Cl)cc1NC(=O)CCc1nc(-c2ccc(C)cc2)no1. The van der Waals surface area contributed by atoms with Crippen molar-refractivity contribution in [3.8, 4) is 17.1 Å². The normalized spacial score (nSPS) is 10.6. The second-order valence-corrected chi connectivity index (χ2v) is 6.21. The van der Waals surface area contributed by atoms with E-state index in [0.717, 1.165) is 11.1 Å². The molecule has 1 amide bonds. The number of hydrogen-bond acceptors (Lipinski definition) is 5. The third-order valence-corrected chi connectivity index (χ3v) is 4.01. The lowest BCUT2D eigenvalue weighted by atomic mass is 10.1. The number of halogens is 1. The molecule has 0 aliphatic heterocycles. The lowest BCUT2D eigenvalue weighted by Gasteiger charge is -2.10. The Bertz CT molecular complexity index is 907. The summed E-state index contributed by atoms with van der Waals surface area (Å²) in [4.78, 5) is 16.5. The van der Waals surface area contributed by atoms with E-state index in [-0.39, 0.29) is 12.3 Å². The Labute approximate surface area is 156 Å². The molecule has 0 fully saturated rings. The lowest BCUT2D eigenvalue weighted by Crippen LogP contribution is -2.13. The first-order chi connectivity index (χ1) is 12.5. The van der Waals surface area contributed by atoms with Crippen LogP contribution in [0.2, 0.25) is 5.02 Å². The number of hydrogen-bond donors (Lipinski definition) is 1. The second-order valence-electron chi connectivity index (χ2n) is 5.77. The van der Waals surface area contributed by atoms with Crippen LogP contribution in [0.1, 0.15) is 17.9 Å². The molecule has 1 N–H and O–H groups in total. The van der Waals surface area contributed by atoms with E-state index in [1.165, 1.54) is 7.11 Å². The van der Waals surface area contributed by atoms with Gasteiger partial charge in [-0.05, 0) is 25.1 Å². The van der Waals surface area contributed by atoms with Crippen LogP contribution in [0.3, 0.4) is 0 Å². The number of benzene rings is 2. The minimum Gasteiger partial charge on any atom is -0.495 e. The van der Waals surface area contributed by atoms with Gasteiger partial charge in [-0.2, -0.15) is 4.98 Å². The third-order valence-electron chi connectivity index (χ3n) is 3.78. The fourth-order valence-corrected chi connectivity index (χ4v) is 2.56. The van der Waals surface area contributed by atoms with Crippen LogP contribution in [0, 0.1) is 6.92 Å². The lowest BCUT2D eigenvalue weighted by molar-refractivity contribution is -0.116. The zero-order valence-electron chi connectivity index (χ0n) is 14.5. The predicted molar refractivity (Wildman–Crippen MR) is 99.4 cm³/mol. The van der Waals surface area contributed by atoms with Gasteiger partial charge in [0.15, 0.2) is 0 Å². The molecular formula is C19H18ClN3O3. The molecule has 134 valence electrons. The molecule has 1 aromatic heterocycles. The summed E-state index contributed by atoms with van der Waals surface area (Å²) < 4.78 is 10.4. The van der Waals surface area contributed by atoms with Crippen molar-refractivity contribution in [2.75, 3.05) is 12.4 Å². The summed E-state index contributed by atoms with van der Waals surface area (Å²) in [6, 6.07) is 12.9. The van der Waals surface area contributed by atoms with Crippen LogP contribution in [0.4, 0.5) is 5.69 Å². The smallest absolute Gasteiger partial charge is 0.227 e. The average molecular weight is 372 g/mol. The number of carbonyl (C=O) groups excluding carboxylic acids is 1. The molecule has 0 aliphatic rings. The fraction of sp³-hybridized carbons (Fsp3) is 0.211. The van der Waals surface area contributed by atoms with Gasteiger partial charge in [0.1, 0.15) is 5.75 Å². The highest BCUT2D eigenvalue weighted by Crippen LogP contribution is 2.27. The van der Waals surface area contributed by atoms with Gasteiger partial charge in [0.2, 0.25) is 17.6 Å². The number of carbonyl (C=O) groups is 1. The molecule has 0 atom stereocenters. The van der Waals surface area contributed by atoms with Gasteiger partial charge >= 0.3 is 0 Å². The van der Waals surface area contributed by atoms with Crippen LogP contribution < -0.4 is 10.1 Å². The van der Waals surface area contributed by atoms with E-state index < -0.39 is 0 Å². The Morgan fingerprint density at radius 1 is 1.23 bits per heavy atom. The number of aryl methyl sites for hydroxylation is 2. The van der Waals surface area contributed by atoms with Gasteiger partial charge in [-0.15, -0.1) is 0 Å². The molecule has 0 aliphatic carbocycles. The Balaban J connectivity index is 1.60. The van der Waals surface area contributed by atoms with Crippen molar-refractivity contribution in [3.63, 3.8) is 0 Å². The number of methoxy groups -OCH3 is 1. The number of rotatable bonds is 6. The van der Waals surface area contributed by atoms with Gasteiger partial charge in [0.05, 0.1) is 12.8 Å². The third kappa shape index (κ3) is 4.40. The van der Waals surface area contributed by atoms with Crippen molar-refractivity contribution in [1.82, 2.24) is 10.1 Å². The first kappa shape index (κ1) is 17.9. The number of anilines is 1. The van der Waals surface area contributed by atoms with E-state index in [0.29, 0.717) is 34.6 Å². The molecular weight excluding hydrogens is 354 g/mol. The summed E-state index contributed by atoms with van der Waals surface area (Å²) in [7, 11) is 1.53. The quantitative estimate of drug-likeness (QED) is 0.699. The zero-order valence-corrected chi connectivity index (χ0v) is 15.2.